The minimum Gasteiger partial charge on any atom is -0.428 e. The summed E-state index contributed by atoms with van der Waals surface area (Å²) in [7, 11) is 0. The first-order chi connectivity index (χ1) is 10.4. The van der Waals surface area contributed by atoms with Crippen LogP contribution < -0.4 is 5.32 Å². The first-order valence-electron chi connectivity index (χ1n) is 6.19. The summed E-state index contributed by atoms with van der Waals surface area (Å²) in [6.45, 7) is 0. The van der Waals surface area contributed by atoms with Gasteiger partial charge in [0.05, 0.1) is 16.8 Å². The molecule has 3 N–H and O–H groups in total. The van der Waals surface area contributed by atoms with E-state index in [9.17, 15) is 13.2 Å². The number of ether oxygens (including phenoxy) is 1. The molecule has 0 aromatic heterocycles. The van der Waals surface area contributed by atoms with Crippen LogP contribution in [0.25, 0.3) is 0 Å². The predicted octanol–water partition coefficient (Wildman–Crippen LogP) is 4.64. The first-order valence-corrected chi connectivity index (χ1v) is 6.19. The summed E-state index contributed by atoms with van der Waals surface area (Å²) in [6, 6.07) is 11.2. The molecule has 0 amide bonds. The van der Waals surface area contributed by atoms with Crippen molar-refractivity contribution in [2.45, 2.75) is 6.18 Å². The summed E-state index contributed by atoms with van der Waals surface area (Å²) < 4.78 is 42.3. The van der Waals surface area contributed by atoms with Gasteiger partial charge in [-0.2, -0.15) is 13.2 Å². The molecule has 0 heterocycles. The molecule has 0 saturated carbocycles. The molecule has 2 aromatic rings. The lowest BCUT2D eigenvalue weighted by molar-refractivity contribution is -0.137. The Labute approximate surface area is 126 Å². The molecule has 0 aliphatic heterocycles. The maximum atomic E-state index is 12.5. The van der Waals surface area contributed by atoms with Gasteiger partial charge in [0.25, 0.3) is 0 Å². The Kier molecular flexibility index (Phi) is 4.45. The van der Waals surface area contributed by atoms with Crippen LogP contribution in [-0.4, -0.2) is 12.3 Å². The minimum absolute atomic E-state index is 0. The van der Waals surface area contributed by atoms with E-state index in [4.69, 9.17) is 15.6 Å². The van der Waals surface area contributed by atoms with Gasteiger partial charge in [-0.25, -0.2) is 0 Å². The van der Waals surface area contributed by atoms with Crippen LogP contribution in [0.2, 0.25) is 0 Å². The highest BCUT2D eigenvalue weighted by molar-refractivity contribution is 6.00. The van der Waals surface area contributed by atoms with Gasteiger partial charge < -0.3 is 10.1 Å². The normalized spacial score (nSPS) is 10.9. The van der Waals surface area contributed by atoms with E-state index in [1.54, 1.807) is 24.3 Å². The Morgan fingerprint density at radius 2 is 1.73 bits per heavy atom. The number of hydrogen-bond donors (Lipinski definition) is 3. The number of halogens is 3. The minimum atomic E-state index is -4.38. The molecule has 2 aromatic carbocycles. The molecule has 0 atom stereocenters. The molecule has 0 bridgehead atoms. The van der Waals surface area contributed by atoms with Crippen molar-refractivity contribution >= 4 is 23.7 Å². The van der Waals surface area contributed by atoms with E-state index >= 15 is 0 Å². The SMILES string of the molecule is N=COC(=N)c1ccccc1Nc1ccc(C(F)(F)F)cc1.[HH]. The fraction of sp³-hybridized carbons (Fsp3) is 0.0667. The lowest BCUT2D eigenvalue weighted by Gasteiger charge is -2.13. The molecule has 7 heteroatoms. The highest BCUT2D eigenvalue weighted by Crippen LogP contribution is 2.30. The summed E-state index contributed by atoms with van der Waals surface area (Å²) in [5, 5.41) is 17.5. The molecular formula is C15H14F3N3O. The van der Waals surface area contributed by atoms with Gasteiger partial charge in [-0.1, -0.05) is 12.1 Å². The van der Waals surface area contributed by atoms with Gasteiger partial charge in [0.2, 0.25) is 5.90 Å². The number of hydrogen-bond acceptors (Lipinski definition) is 4. The van der Waals surface area contributed by atoms with Crippen LogP contribution >= 0.6 is 0 Å². The van der Waals surface area contributed by atoms with Crippen molar-refractivity contribution in [2.24, 2.45) is 0 Å². The third kappa shape index (κ3) is 3.63. The number of benzene rings is 2. The zero-order chi connectivity index (χ0) is 16.2. The highest BCUT2D eigenvalue weighted by Gasteiger charge is 2.29. The van der Waals surface area contributed by atoms with Gasteiger partial charge in [0.15, 0.2) is 6.40 Å². The molecule has 0 fully saturated rings. The maximum absolute atomic E-state index is 12.5. The Bertz CT molecular complexity index is 687. The van der Waals surface area contributed by atoms with Crippen molar-refractivity contribution in [3.8, 4) is 0 Å². The molecule has 0 aliphatic carbocycles. The summed E-state index contributed by atoms with van der Waals surface area (Å²) in [6.07, 6.45) is -3.74. The summed E-state index contributed by atoms with van der Waals surface area (Å²) >= 11 is 0. The molecule has 22 heavy (non-hydrogen) atoms. The monoisotopic (exact) mass is 309 g/mol. The quantitative estimate of drug-likeness (QED) is 0.568. The maximum Gasteiger partial charge on any atom is 0.416 e. The van der Waals surface area contributed by atoms with Crippen LogP contribution in [0.4, 0.5) is 24.5 Å². The molecule has 0 aliphatic rings. The van der Waals surface area contributed by atoms with Crippen LogP contribution in [0.3, 0.4) is 0 Å². The third-order valence-corrected chi connectivity index (χ3v) is 2.84. The van der Waals surface area contributed by atoms with Crippen molar-refractivity contribution in [3.05, 3.63) is 59.7 Å². The molecule has 116 valence electrons. The van der Waals surface area contributed by atoms with Gasteiger partial charge in [-0.3, -0.25) is 10.8 Å². The Morgan fingerprint density at radius 3 is 2.32 bits per heavy atom. The number of nitrogens with one attached hydrogen (secondary N) is 3. The second kappa shape index (κ2) is 6.30. The first kappa shape index (κ1) is 15.6. The third-order valence-electron chi connectivity index (χ3n) is 2.84. The molecule has 4 nitrogen and oxygen atoms in total. The van der Waals surface area contributed by atoms with Crippen molar-refractivity contribution in [2.75, 3.05) is 5.32 Å². The topological polar surface area (TPSA) is 69.0 Å². The molecule has 2 rings (SSSR count). The summed E-state index contributed by atoms with van der Waals surface area (Å²) in [4.78, 5) is 0. The van der Waals surface area contributed by atoms with Crippen molar-refractivity contribution in [3.63, 3.8) is 0 Å². The van der Waals surface area contributed by atoms with E-state index in [1.165, 1.54) is 12.1 Å². The fourth-order valence-corrected chi connectivity index (χ4v) is 1.81. The van der Waals surface area contributed by atoms with Crippen LogP contribution in [0.15, 0.2) is 48.5 Å². The van der Waals surface area contributed by atoms with E-state index in [0.717, 1.165) is 12.1 Å². The van der Waals surface area contributed by atoms with Crippen molar-refractivity contribution < 1.29 is 19.3 Å². The van der Waals surface area contributed by atoms with Crippen LogP contribution in [0.1, 0.15) is 12.6 Å². The van der Waals surface area contributed by atoms with Crippen LogP contribution in [-0.2, 0) is 10.9 Å². The van der Waals surface area contributed by atoms with Gasteiger partial charge in [0, 0.05) is 7.11 Å². The molecule has 0 unspecified atom stereocenters. The lowest BCUT2D eigenvalue weighted by atomic mass is 10.1. The molecule has 0 radical (unpaired) electrons. The fourth-order valence-electron chi connectivity index (χ4n) is 1.81. The van der Waals surface area contributed by atoms with Crippen molar-refractivity contribution in [1.29, 1.82) is 10.8 Å². The van der Waals surface area contributed by atoms with Crippen molar-refractivity contribution in [1.82, 2.24) is 0 Å². The average Bonchev–Trinajstić information content (AvgIpc) is 2.47. The summed E-state index contributed by atoms with van der Waals surface area (Å²) in [5.74, 6) is -0.231. The summed E-state index contributed by atoms with van der Waals surface area (Å²) in [5.41, 5.74) is 0.606. The number of anilines is 2. The van der Waals surface area contributed by atoms with Crippen LogP contribution in [0, 0.1) is 10.8 Å². The van der Waals surface area contributed by atoms with E-state index in [0.29, 0.717) is 23.3 Å². The van der Waals surface area contributed by atoms with Gasteiger partial charge in [-0.15, -0.1) is 0 Å². The van der Waals surface area contributed by atoms with Gasteiger partial charge in [0.1, 0.15) is 0 Å². The average molecular weight is 309 g/mol. The lowest BCUT2D eigenvalue weighted by Crippen LogP contribution is -2.07. The second-order valence-electron chi connectivity index (χ2n) is 4.31. The Balaban J connectivity index is 0.00000264. The van der Waals surface area contributed by atoms with E-state index < -0.39 is 11.7 Å². The zero-order valence-electron chi connectivity index (χ0n) is 11.2. The van der Waals surface area contributed by atoms with Crippen LogP contribution in [0.5, 0.6) is 0 Å². The Morgan fingerprint density at radius 1 is 1.09 bits per heavy atom. The standard InChI is InChI=1S/C15H12F3N3O.H2/c16-15(17,18)10-5-7-11(8-6-10)21-13-4-2-1-3-12(13)14(20)22-9-19;/h1-9,19-21H;1H. The number of alkyl halides is 3. The molecule has 0 saturated heterocycles. The predicted molar refractivity (Wildman–Crippen MR) is 80.0 cm³/mol. The largest absolute Gasteiger partial charge is 0.428 e. The Hall–Kier alpha value is -2.83. The zero-order valence-corrected chi connectivity index (χ0v) is 11.2. The van der Waals surface area contributed by atoms with Gasteiger partial charge >= 0.3 is 6.18 Å². The van der Waals surface area contributed by atoms with E-state index in [2.05, 4.69) is 5.32 Å². The smallest absolute Gasteiger partial charge is 0.416 e. The van der Waals surface area contributed by atoms with Gasteiger partial charge in [-0.05, 0) is 36.4 Å². The number of rotatable bonds is 4. The molecule has 0 spiro atoms. The molecular weight excluding hydrogens is 295 g/mol. The number of para-hydroxylation sites is 1. The van der Waals surface area contributed by atoms with E-state index in [1.807, 2.05) is 0 Å². The second-order valence-corrected chi connectivity index (χ2v) is 4.31. The van der Waals surface area contributed by atoms with E-state index in [-0.39, 0.29) is 7.32 Å². The highest BCUT2D eigenvalue weighted by atomic mass is 19.4.